The summed E-state index contributed by atoms with van der Waals surface area (Å²) >= 11 is 0. The van der Waals surface area contributed by atoms with Gasteiger partial charge in [-0.1, -0.05) is 6.07 Å². The average molecular weight is 467 g/mol. The fraction of sp³-hybridized carbons (Fsp3) is 0.450. The van der Waals surface area contributed by atoms with E-state index in [0.717, 1.165) is 18.2 Å². The van der Waals surface area contributed by atoms with Crippen LogP contribution in [0.3, 0.4) is 0 Å². The smallest absolute Gasteiger partial charge is 0.233 e. The van der Waals surface area contributed by atoms with Gasteiger partial charge in [-0.25, -0.2) is 17.9 Å². The van der Waals surface area contributed by atoms with Crippen LogP contribution in [-0.2, 0) is 12.1 Å². The van der Waals surface area contributed by atoms with E-state index in [2.05, 4.69) is 25.7 Å². The van der Waals surface area contributed by atoms with Crippen LogP contribution in [-0.4, -0.2) is 71.8 Å². The van der Waals surface area contributed by atoms with Gasteiger partial charge in [0.15, 0.2) is 0 Å². The van der Waals surface area contributed by atoms with Crippen LogP contribution in [0.25, 0.3) is 0 Å². The fourth-order valence-electron chi connectivity index (χ4n) is 4.00. The molecule has 176 valence electrons. The Morgan fingerprint density at radius 3 is 2.67 bits per heavy atom. The van der Waals surface area contributed by atoms with Crippen LogP contribution < -0.4 is 4.74 Å². The third-order valence-corrected chi connectivity index (χ3v) is 5.82. The molecule has 0 bridgehead atoms. The summed E-state index contributed by atoms with van der Waals surface area (Å²) < 4.78 is 62.8. The Kier molecular flexibility index (Phi) is 6.51. The molecule has 0 amide bonds. The van der Waals surface area contributed by atoms with E-state index in [-0.39, 0.29) is 31.0 Å². The van der Waals surface area contributed by atoms with Crippen LogP contribution in [0.5, 0.6) is 5.88 Å². The van der Waals surface area contributed by atoms with Crippen molar-refractivity contribution in [3.8, 4) is 5.88 Å². The Labute approximate surface area is 186 Å². The number of benzene rings is 1. The highest BCUT2D eigenvalue weighted by atomic mass is 19.1. The number of piperidine rings is 1. The lowest BCUT2D eigenvalue weighted by atomic mass is 9.84. The summed E-state index contributed by atoms with van der Waals surface area (Å²) in [6.07, 6.45) is -0.870. The van der Waals surface area contributed by atoms with E-state index in [1.165, 1.54) is 17.1 Å². The zero-order chi connectivity index (χ0) is 23.6. The standard InChI is InChI=1S/C20H21F4N7O2/c1-12(30-7-6-17(16(23)9-30)33-19-5-4-18(24)26-27-19)20(32,10-31-11-25-28-29-31)14-3-2-13(21)8-15(14)22/h2-5,8,11-12,16-17,32H,6-7,9-10H2,1H3/t12-,16-,17+,20-/m1/s1. The van der Waals surface area contributed by atoms with E-state index in [9.17, 15) is 22.7 Å². The Morgan fingerprint density at radius 1 is 1.21 bits per heavy atom. The zero-order valence-electron chi connectivity index (χ0n) is 17.5. The molecule has 0 spiro atoms. The van der Waals surface area contributed by atoms with Crippen molar-refractivity contribution in [2.24, 2.45) is 0 Å². The number of nitrogens with zero attached hydrogens (tertiary/aromatic N) is 7. The van der Waals surface area contributed by atoms with Crippen molar-refractivity contribution in [1.82, 2.24) is 35.3 Å². The molecule has 3 heterocycles. The number of rotatable bonds is 7. The van der Waals surface area contributed by atoms with Crippen LogP contribution >= 0.6 is 0 Å². The van der Waals surface area contributed by atoms with Crippen molar-refractivity contribution in [3.63, 3.8) is 0 Å². The number of tetrazole rings is 1. The minimum absolute atomic E-state index is 0.00545. The SMILES string of the molecule is C[C@@H](N1CC[C@H](Oc2ccc(F)nn2)[C@H](F)C1)[C@](O)(Cn1cnnn1)c1ccc(F)cc1F. The van der Waals surface area contributed by atoms with Crippen molar-refractivity contribution in [2.45, 2.75) is 43.8 Å². The van der Waals surface area contributed by atoms with Gasteiger partial charge in [0, 0.05) is 49.3 Å². The first kappa shape index (κ1) is 23.0. The second kappa shape index (κ2) is 9.35. The van der Waals surface area contributed by atoms with Gasteiger partial charge in [0.05, 0.1) is 6.54 Å². The van der Waals surface area contributed by atoms with Gasteiger partial charge in [-0.2, -0.15) is 4.39 Å². The summed E-state index contributed by atoms with van der Waals surface area (Å²) in [7, 11) is 0. The predicted octanol–water partition coefficient (Wildman–Crippen LogP) is 1.65. The second-order valence-corrected chi connectivity index (χ2v) is 7.88. The fourth-order valence-corrected chi connectivity index (χ4v) is 4.00. The highest BCUT2D eigenvalue weighted by molar-refractivity contribution is 5.27. The first-order chi connectivity index (χ1) is 15.8. The lowest BCUT2D eigenvalue weighted by molar-refractivity contribution is -0.0884. The van der Waals surface area contributed by atoms with Gasteiger partial charge in [-0.3, -0.25) is 4.90 Å². The molecule has 33 heavy (non-hydrogen) atoms. The average Bonchev–Trinajstić information content (AvgIpc) is 3.28. The lowest BCUT2D eigenvalue weighted by Gasteiger charge is -2.44. The maximum absolute atomic E-state index is 15.0. The molecule has 3 aromatic rings. The van der Waals surface area contributed by atoms with E-state index in [4.69, 9.17) is 4.74 Å². The number of aromatic nitrogens is 6. The van der Waals surface area contributed by atoms with E-state index >= 15 is 0 Å². The molecule has 13 heteroatoms. The molecule has 1 aromatic carbocycles. The molecule has 1 fully saturated rings. The van der Waals surface area contributed by atoms with Gasteiger partial charge in [0.25, 0.3) is 0 Å². The van der Waals surface area contributed by atoms with Crippen LogP contribution in [0.15, 0.2) is 36.7 Å². The largest absolute Gasteiger partial charge is 0.470 e. The van der Waals surface area contributed by atoms with Crippen molar-refractivity contribution in [3.05, 3.63) is 59.8 Å². The molecule has 2 aromatic heterocycles. The van der Waals surface area contributed by atoms with Crippen molar-refractivity contribution >= 4 is 0 Å². The van der Waals surface area contributed by atoms with Gasteiger partial charge in [-0.05, 0) is 23.4 Å². The summed E-state index contributed by atoms with van der Waals surface area (Å²) in [6.45, 7) is 1.53. The highest BCUT2D eigenvalue weighted by Gasteiger charge is 2.45. The Bertz CT molecular complexity index is 1070. The van der Waals surface area contributed by atoms with E-state index in [1.54, 1.807) is 11.8 Å². The Balaban J connectivity index is 1.54. The monoisotopic (exact) mass is 467 g/mol. The summed E-state index contributed by atoms with van der Waals surface area (Å²) in [4.78, 5) is 1.65. The molecule has 9 nitrogen and oxygen atoms in total. The van der Waals surface area contributed by atoms with Crippen LogP contribution in [0, 0.1) is 17.6 Å². The molecule has 1 aliphatic heterocycles. The first-order valence-electron chi connectivity index (χ1n) is 10.2. The third kappa shape index (κ3) is 4.93. The summed E-state index contributed by atoms with van der Waals surface area (Å²) in [5, 5.41) is 29.2. The molecule has 0 unspecified atom stereocenters. The minimum Gasteiger partial charge on any atom is -0.470 e. The highest BCUT2D eigenvalue weighted by Crippen LogP contribution is 2.34. The van der Waals surface area contributed by atoms with E-state index in [1.807, 2.05) is 0 Å². The minimum atomic E-state index is -1.91. The lowest BCUT2D eigenvalue weighted by Crippen LogP contribution is -2.57. The topological polar surface area (TPSA) is 102 Å². The summed E-state index contributed by atoms with van der Waals surface area (Å²) in [5.74, 6) is -2.52. The van der Waals surface area contributed by atoms with Gasteiger partial charge in [-0.15, -0.1) is 15.3 Å². The molecule has 4 rings (SSSR count). The van der Waals surface area contributed by atoms with Crippen LogP contribution in [0.4, 0.5) is 17.6 Å². The molecule has 1 N–H and O–H groups in total. The number of aliphatic hydroxyl groups is 1. The second-order valence-electron chi connectivity index (χ2n) is 7.88. The maximum atomic E-state index is 15.0. The van der Waals surface area contributed by atoms with E-state index < -0.39 is 41.5 Å². The molecule has 1 saturated heterocycles. The number of halogens is 4. The quantitative estimate of drug-likeness (QED) is 0.524. The molecular weight excluding hydrogens is 446 g/mol. The van der Waals surface area contributed by atoms with Crippen molar-refractivity contribution < 1.29 is 27.4 Å². The van der Waals surface area contributed by atoms with Gasteiger partial charge in [0.1, 0.15) is 35.8 Å². The molecule has 0 radical (unpaired) electrons. The van der Waals surface area contributed by atoms with Crippen molar-refractivity contribution in [2.75, 3.05) is 13.1 Å². The number of ether oxygens (including phenoxy) is 1. The van der Waals surface area contributed by atoms with Gasteiger partial charge >= 0.3 is 0 Å². The van der Waals surface area contributed by atoms with Crippen LogP contribution in [0.2, 0.25) is 0 Å². The number of alkyl halides is 1. The van der Waals surface area contributed by atoms with Gasteiger partial charge < -0.3 is 9.84 Å². The van der Waals surface area contributed by atoms with Gasteiger partial charge in [0.2, 0.25) is 11.8 Å². The first-order valence-corrected chi connectivity index (χ1v) is 10.2. The summed E-state index contributed by atoms with van der Waals surface area (Å²) in [5.41, 5.74) is -2.08. The number of likely N-dealkylation sites (tertiary alicyclic amines) is 1. The number of hydrogen-bond acceptors (Lipinski definition) is 8. The maximum Gasteiger partial charge on any atom is 0.233 e. The summed E-state index contributed by atoms with van der Waals surface area (Å²) in [6, 6.07) is 4.37. The zero-order valence-corrected chi connectivity index (χ0v) is 17.5. The van der Waals surface area contributed by atoms with Crippen molar-refractivity contribution in [1.29, 1.82) is 0 Å². The molecule has 4 atom stereocenters. The Hall–Kier alpha value is -3.19. The molecular formula is C20H21F4N7O2. The normalized spacial score (nSPS) is 22.0. The predicted molar refractivity (Wildman–Crippen MR) is 105 cm³/mol. The molecule has 0 saturated carbocycles. The number of hydrogen-bond donors (Lipinski definition) is 1. The molecule has 1 aliphatic rings. The van der Waals surface area contributed by atoms with Crippen LogP contribution in [0.1, 0.15) is 18.9 Å². The Morgan fingerprint density at radius 2 is 2.03 bits per heavy atom. The molecule has 0 aliphatic carbocycles. The van der Waals surface area contributed by atoms with E-state index in [0.29, 0.717) is 12.6 Å². The third-order valence-electron chi connectivity index (χ3n) is 5.82.